The third kappa shape index (κ3) is 2.44. The summed E-state index contributed by atoms with van der Waals surface area (Å²) in [7, 11) is 0. The Balaban J connectivity index is 0.000000531. The molecule has 0 unspecified atom stereocenters. The Kier molecular flexibility index (Phi) is 4.04. The summed E-state index contributed by atoms with van der Waals surface area (Å²) in [5, 5.41) is 1.28. The molecule has 0 saturated heterocycles. The summed E-state index contributed by atoms with van der Waals surface area (Å²) < 4.78 is 0. The minimum absolute atomic E-state index is 0.563. The molecule has 1 heterocycles. The van der Waals surface area contributed by atoms with Crippen molar-refractivity contribution in [1.29, 1.82) is 0 Å². The normalized spacial score (nSPS) is 9.80. The van der Waals surface area contributed by atoms with Crippen LogP contribution in [0.1, 0.15) is 25.3 Å². The Morgan fingerprint density at radius 3 is 2.40 bits per heavy atom. The maximum absolute atomic E-state index is 4.32. The Hall–Kier alpha value is -1.63. The molecule has 1 aromatic heterocycles. The molecule has 0 amide bonds. The summed E-state index contributed by atoms with van der Waals surface area (Å²) in [5.41, 5.74) is 2.47. The summed E-state index contributed by atoms with van der Waals surface area (Å²) >= 11 is 0. The molecule has 78 valence electrons. The molecule has 1 nitrogen and oxygen atoms in total. The van der Waals surface area contributed by atoms with Crippen LogP contribution < -0.4 is 0 Å². The van der Waals surface area contributed by atoms with E-state index in [4.69, 9.17) is 0 Å². The van der Waals surface area contributed by atoms with Crippen molar-refractivity contribution in [2.24, 2.45) is 0 Å². The monoisotopic (exact) mass is 199 g/mol. The fourth-order valence-electron chi connectivity index (χ4n) is 1.62. The molecule has 0 aliphatic rings. The lowest BCUT2D eigenvalue weighted by Gasteiger charge is -2.08. The second-order valence-corrected chi connectivity index (χ2v) is 3.57. The van der Waals surface area contributed by atoms with Crippen LogP contribution in [-0.4, -0.2) is 4.98 Å². The first-order chi connectivity index (χ1) is 7.29. The second-order valence-electron chi connectivity index (χ2n) is 3.57. The fraction of sp³-hybridized carbons (Fsp3) is 0.214. The van der Waals surface area contributed by atoms with E-state index in [-0.39, 0.29) is 0 Å². The predicted octanol–water partition coefficient (Wildman–Crippen LogP) is 4.16. The van der Waals surface area contributed by atoms with Crippen LogP contribution in [0.2, 0.25) is 0 Å². The number of benzene rings is 1. The van der Waals surface area contributed by atoms with E-state index < -0.39 is 0 Å². The average Bonchev–Trinajstić information content (AvgIpc) is 2.31. The molecule has 15 heavy (non-hydrogen) atoms. The van der Waals surface area contributed by atoms with E-state index in [1.807, 2.05) is 12.3 Å². The smallest absolute Gasteiger partial charge is 0.0704 e. The van der Waals surface area contributed by atoms with Crippen LogP contribution in [0, 0.1) is 0 Å². The Morgan fingerprint density at radius 2 is 1.73 bits per heavy atom. The van der Waals surface area contributed by atoms with Gasteiger partial charge in [-0.05, 0) is 23.6 Å². The molecule has 0 fully saturated rings. The number of pyridine rings is 1. The molecule has 0 aliphatic carbocycles. The number of hydrogen-bond donors (Lipinski definition) is 0. The van der Waals surface area contributed by atoms with E-state index in [9.17, 15) is 0 Å². The maximum Gasteiger partial charge on any atom is 0.0704 e. The molecule has 2 rings (SSSR count). The van der Waals surface area contributed by atoms with Gasteiger partial charge in [-0.1, -0.05) is 32.0 Å². The zero-order valence-electron chi connectivity index (χ0n) is 9.40. The van der Waals surface area contributed by atoms with E-state index in [0.29, 0.717) is 5.92 Å². The molecule has 1 aromatic carbocycles. The highest BCUT2D eigenvalue weighted by Gasteiger charge is 2.03. The van der Waals surface area contributed by atoms with Crippen molar-refractivity contribution >= 4 is 10.9 Å². The van der Waals surface area contributed by atoms with E-state index in [2.05, 4.69) is 56.3 Å². The third-order valence-corrected chi connectivity index (χ3v) is 2.30. The molecule has 0 N–H and O–H groups in total. The number of para-hydroxylation sites is 1. The van der Waals surface area contributed by atoms with Crippen molar-refractivity contribution in [2.75, 3.05) is 0 Å². The number of aromatic nitrogens is 1. The topological polar surface area (TPSA) is 12.9 Å². The standard InChI is InChI=1S/C12H13N.C2H4/c1-9(2)10-7-8-13-12-6-4-3-5-11(10)12;1-2/h3-9H,1-2H3;1-2H2. The van der Waals surface area contributed by atoms with Gasteiger partial charge in [-0.25, -0.2) is 0 Å². The summed E-state index contributed by atoms with van der Waals surface area (Å²) in [5.74, 6) is 0.563. The van der Waals surface area contributed by atoms with Gasteiger partial charge in [0, 0.05) is 11.6 Å². The first kappa shape index (κ1) is 11.4. The molecular weight excluding hydrogens is 182 g/mol. The van der Waals surface area contributed by atoms with E-state index in [1.165, 1.54) is 10.9 Å². The van der Waals surface area contributed by atoms with Gasteiger partial charge < -0.3 is 0 Å². The molecule has 2 aromatic rings. The van der Waals surface area contributed by atoms with Crippen LogP contribution in [0.15, 0.2) is 49.7 Å². The minimum Gasteiger partial charge on any atom is -0.256 e. The summed E-state index contributed by atoms with van der Waals surface area (Å²) in [6, 6.07) is 10.4. The fourth-order valence-corrected chi connectivity index (χ4v) is 1.62. The van der Waals surface area contributed by atoms with Gasteiger partial charge in [-0.15, -0.1) is 13.2 Å². The molecule has 1 heteroatoms. The van der Waals surface area contributed by atoms with Gasteiger partial charge >= 0.3 is 0 Å². The molecule has 0 aliphatic heterocycles. The third-order valence-electron chi connectivity index (χ3n) is 2.30. The van der Waals surface area contributed by atoms with Crippen molar-refractivity contribution < 1.29 is 0 Å². The Morgan fingerprint density at radius 1 is 1.07 bits per heavy atom. The van der Waals surface area contributed by atoms with Crippen LogP contribution >= 0.6 is 0 Å². The molecule has 0 bridgehead atoms. The van der Waals surface area contributed by atoms with Crippen LogP contribution in [0.4, 0.5) is 0 Å². The summed E-state index contributed by atoms with van der Waals surface area (Å²) in [6.45, 7) is 10.4. The molecule has 0 saturated carbocycles. The van der Waals surface area contributed by atoms with E-state index in [1.54, 1.807) is 0 Å². The second kappa shape index (κ2) is 5.30. The van der Waals surface area contributed by atoms with Gasteiger partial charge in [-0.3, -0.25) is 4.98 Å². The van der Waals surface area contributed by atoms with Gasteiger partial charge in [0.1, 0.15) is 0 Å². The van der Waals surface area contributed by atoms with Gasteiger partial charge in [0.25, 0.3) is 0 Å². The largest absolute Gasteiger partial charge is 0.256 e. The lowest BCUT2D eigenvalue weighted by atomic mass is 9.99. The summed E-state index contributed by atoms with van der Waals surface area (Å²) in [6.07, 6.45) is 1.89. The zero-order chi connectivity index (χ0) is 11.3. The van der Waals surface area contributed by atoms with Gasteiger partial charge in [0.15, 0.2) is 0 Å². The highest BCUT2D eigenvalue weighted by atomic mass is 14.6. The number of nitrogens with zero attached hydrogens (tertiary/aromatic N) is 1. The van der Waals surface area contributed by atoms with Crippen LogP contribution in [0.3, 0.4) is 0 Å². The van der Waals surface area contributed by atoms with Crippen LogP contribution in [-0.2, 0) is 0 Å². The first-order valence-electron chi connectivity index (χ1n) is 5.12. The number of fused-ring (bicyclic) bond motifs is 1. The van der Waals surface area contributed by atoms with Crippen LogP contribution in [0.25, 0.3) is 10.9 Å². The zero-order valence-corrected chi connectivity index (χ0v) is 9.40. The SMILES string of the molecule is C=C.CC(C)c1ccnc2ccccc12. The van der Waals surface area contributed by atoms with Crippen molar-refractivity contribution in [3.8, 4) is 0 Å². The lowest BCUT2D eigenvalue weighted by molar-refractivity contribution is 0.874. The minimum atomic E-state index is 0.563. The quantitative estimate of drug-likeness (QED) is 0.628. The molecular formula is C14H17N. The molecule has 0 radical (unpaired) electrons. The Labute approximate surface area is 91.5 Å². The van der Waals surface area contributed by atoms with Gasteiger partial charge in [-0.2, -0.15) is 0 Å². The average molecular weight is 199 g/mol. The molecule has 0 atom stereocenters. The van der Waals surface area contributed by atoms with Gasteiger partial charge in [0.05, 0.1) is 5.52 Å². The molecule has 0 spiro atoms. The predicted molar refractivity (Wildman–Crippen MR) is 67.1 cm³/mol. The van der Waals surface area contributed by atoms with E-state index in [0.717, 1.165) is 5.52 Å². The maximum atomic E-state index is 4.32. The van der Waals surface area contributed by atoms with Crippen molar-refractivity contribution in [3.63, 3.8) is 0 Å². The van der Waals surface area contributed by atoms with Crippen LogP contribution in [0.5, 0.6) is 0 Å². The van der Waals surface area contributed by atoms with E-state index >= 15 is 0 Å². The van der Waals surface area contributed by atoms with Crippen molar-refractivity contribution in [1.82, 2.24) is 4.98 Å². The van der Waals surface area contributed by atoms with Gasteiger partial charge in [0.2, 0.25) is 0 Å². The van der Waals surface area contributed by atoms with Crippen molar-refractivity contribution in [2.45, 2.75) is 19.8 Å². The number of rotatable bonds is 1. The lowest BCUT2D eigenvalue weighted by Crippen LogP contribution is -1.90. The highest BCUT2D eigenvalue weighted by molar-refractivity contribution is 5.82. The highest BCUT2D eigenvalue weighted by Crippen LogP contribution is 2.22. The summed E-state index contributed by atoms with van der Waals surface area (Å²) in [4.78, 5) is 4.32. The Bertz CT molecular complexity index is 427. The van der Waals surface area contributed by atoms with Crippen molar-refractivity contribution in [3.05, 3.63) is 55.3 Å². The first-order valence-corrected chi connectivity index (χ1v) is 5.12. The number of hydrogen-bond acceptors (Lipinski definition) is 1.